The van der Waals surface area contributed by atoms with Crippen LogP contribution in [0.15, 0.2) is 42.5 Å². The maximum Gasteiger partial charge on any atom is 0.352 e. The molecule has 2 heterocycles. The minimum Gasteiger partial charge on any atom is -0.477 e. The van der Waals surface area contributed by atoms with Crippen molar-refractivity contribution in [1.29, 1.82) is 0 Å². The SMILES string of the molecule is O=C(O)c1cc2cc(NC(=O)C3(c4ccc5c(c4)OCO5)CC3)ccc2[nH]1. The summed E-state index contributed by atoms with van der Waals surface area (Å²) in [5, 5.41) is 12.8. The summed E-state index contributed by atoms with van der Waals surface area (Å²) >= 11 is 0. The highest BCUT2D eigenvalue weighted by molar-refractivity contribution is 6.03. The molecule has 2 aliphatic rings. The molecule has 5 rings (SSSR count). The number of hydrogen-bond donors (Lipinski definition) is 3. The first-order valence-electron chi connectivity index (χ1n) is 8.63. The van der Waals surface area contributed by atoms with Gasteiger partial charge in [0.2, 0.25) is 12.7 Å². The second-order valence-electron chi connectivity index (χ2n) is 6.89. The van der Waals surface area contributed by atoms with Gasteiger partial charge in [0.25, 0.3) is 0 Å². The Morgan fingerprint density at radius 1 is 1.04 bits per heavy atom. The summed E-state index contributed by atoms with van der Waals surface area (Å²) in [5.74, 6) is 0.273. The van der Waals surface area contributed by atoms with Crippen LogP contribution < -0.4 is 14.8 Å². The first-order valence-corrected chi connectivity index (χ1v) is 8.63. The standard InChI is InChI=1S/C20H16N2O5/c23-18(24)15-8-11-7-13(2-3-14(11)22-15)21-19(25)20(5-6-20)12-1-4-16-17(9-12)27-10-26-16/h1-4,7-9,22H,5-6,10H2,(H,21,25)(H,23,24). The minimum atomic E-state index is -1.02. The molecule has 3 aromatic rings. The molecule has 1 aliphatic heterocycles. The number of hydrogen-bond acceptors (Lipinski definition) is 4. The lowest BCUT2D eigenvalue weighted by Crippen LogP contribution is -2.27. The Morgan fingerprint density at radius 2 is 1.85 bits per heavy atom. The largest absolute Gasteiger partial charge is 0.477 e. The smallest absolute Gasteiger partial charge is 0.352 e. The fraction of sp³-hybridized carbons (Fsp3) is 0.200. The van der Waals surface area contributed by atoms with E-state index < -0.39 is 11.4 Å². The van der Waals surface area contributed by atoms with E-state index in [0.29, 0.717) is 22.7 Å². The molecule has 3 N–H and O–H groups in total. The second-order valence-corrected chi connectivity index (χ2v) is 6.89. The van der Waals surface area contributed by atoms with Gasteiger partial charge in [-0.3, -0.25) is 4.79 Å². The van der Waals surface area contributed by atoms with Gasteiger partial charge < -0.3 is 24.9 Å². The molecule has 1 aromatic heterocycles. The van der Waals surface area contributed by atoms with E-state index in [1.165, 1.54) is 0 Å². The average molecular weight is 364 g/mol. The summed E-state index contributed by atoms with van der Waals surface area (Å²) < 4.78 is 10.8. The van der Waals surface area contributed by atoms with Crippen LogP contribution in [0.25, 0.3) is 10.9 Å². The number of aromatic carboxylic acids is 1. The van der Waals surface area contributed by atoms with Crippen LogP contribution in [0.1, 0.15) is 28.9 Å². The highest BCUT2D eigenvalue weighted by atomic mass is 16.7. The maximum absolute atomic E-state index is 13.0. The van der Waals surface area contributed by atoms with Gasteiger partial charge in [0.05, 0.1) is 5.41 Å². The molecule has 0 unspecified atom stereocenters. The number of anilines is 1. The van der Waals surface area contributed by atoms with Crippen molar-refractivity contribution in [2.45, 2.75) is 18.3 Å². The van der Waals surface area contributed by atoms with Gasteiger partial charge in [0.15, 0.2) is 11.5 Å². The van der Waals surface area contributed by atoms with E-state index in [1.54, 1.807) is 24.3 Å². The van der Waals surface area contributed by atoms with Crippen LogP contribution in [0.3, 0.4) is 0 Å². The highest BCUT2D eigenvalue weighted by Gasteiger charge is 2.51. The number of aromatic nitrogens is 1. The van der Waals surface area contributed by atoms with Crippen molar-refractivity contribution in [1.82, 2.24) is 4.98 Å². The van der Waals surface area contributed by atoms with Gasteiger partial charge in [-0.05, 0) is 54.8 Å². The third kappa shape index (κ3) is 2.51. The first-order chi connectivity index (χ1) is 13.0. The Labute approximate surface area is 153 Å². The van der Waals surface area contributed by atoms with Gasteiger partial charge in [0.1, 0.15) is 5.69 Å². The number of carboxylic acids is 1. The van der Waals surface area contributed by atoms with Gasteiger partial charge in [-0.1, -0.05) is 6.07 Å². The summed E-state index contributed by atoms with van der Waals surface area (Å²) in [6.07, 6.45) is 1.54. The number of rotatable bonds is 4. The predicted octanol–water partition coefficient (Wildman–Crippen LogP) is 3.27. The zero-order valence-corrected chi connectivity index (χ0v) is 14.2. The number of ether oxygens (including phenoxy) is 2. The molecule has 1 fully saturated rings. The fourth-order valence-corrected chi connectivity index (χ4v) is 3.54. The van der Waals surface area contributed by atoms with Crippen molar-refractivity contribution in [3.8, 4) is 11.5 Å². The van der Waals surface area contributed by atoms with E-state index in [0.717, 1.165) is 23.8 Å². The monoisotopic (exact) mass is 364 g/mol. The molecule has 2 aromatic carbocycles. The lowest BCUT2D eigenvalue weighted by atomic mass is 9.94. The summed E-state index contributed by atoms with van der Waals surface area (Å²) in [5.41, 5.74) is 1.82. The number of carbonyl (C=O) groups is 2. The lowest BCUT2D eigenvalue weighted by Gasteiger charge is -2.16. The summed E-state index contributed by atoms with van der Waals surface area (Å²) in [4.78, 5) is 26.9. The van der Waals surface area contributed by atoms with E-state index in [9.17, 15) is 9.59 Å². The number of fused-ring (bicyclic) bond motifs is 2. The van der Waals surface area contributed by atoms with Gasteiger partial charge in [-0.25, -0.2) is 4.79 Å². The van der Waals surface area contributed by atoms with Crippen LogP contribution in [-0.2, 0) is 10.2 Å². The third-order valence-electron chi connectivity index (χ3n) is 5.22. The maximum atomic E-state index is 13.0. The van der Waals surface area contributed by atoms with Crippen molar-refractivity contribution in [2.24, 2.45) is 0 Å². The topological polar surface area (TPSA) is 101 Å². The molecule has 0 saturated heterocycles. The predicted molar refractivity (Wildman–Crippen MR) is 97.4 cm³/mol. The van der Waals surface area contributed by atoms with Crippen molar-refractivity contribution in [3.63, 3.8) is 0 Å². The third-order valence-corrected chi connectivity index (χ3v) is 5.22. The van der Waals surface area contributed by atoms with Crippen LogP contribution >= 0.6 is 0 Å². The molecule has 136 valence electrons. The molecule has 7 nitrogen and oxygen atoms in total. The van der Waals surface area contributed by atoms with Crippen molar-refractivity contribution in [3.05, 3.63) is 53.7 Å². The normalized spacial score (nSPS) is 16.3. The number of benzene rings is 2. The van der Waals surface area contributed by atoms with Crippen LogP contribution in [0.4, 0.5) is 5.69 Å². The van der Waals surface area contributed by atoms with Crippen LogP contribution in [0, 0.1) is 0 Å². The Morgan fingerprint density at radius 3 is 2.63 bits per heavy atom. The molecule has 1 saturated carbocycles. The van der Waals surface area contributed by atoms with Crippen LogP contribution in [-0.4, -0.2) is 28.8 Å². The molecule has 0 spiro atoms. The van der Waals surface area contributed by atoms with E-state index >= 15 is 0 Å². The Kier molecular flexibility index (Phi) is 3.21. The number of carboxylic acid groups (broad SMARTS) is 1. The lowest BCUT2D eigenvalue weighted by molar-refractivity contribution is -0.118. The van der Waals surface area contributed by atoms with E-state index in [-0.39, 0.29) is 18.4 Å². The molecule has 1 aliphatic carbocycles. The van der Waals surface area contributed by atoms with Crippen molar-refractivity contribution >= 4 is 28.5 Å². The minimum absolute atomic E-state index is 0.0743. The number of aromatic amines is 1. The molecule has 0 radical (unpaired) electrons. The number of amides is 1. The molecule has 27 heavy (non-hydrogen) atoms. The molecular weight excluding hydrogens is 348 g/mol. The average Bonchev–Trinajstić information content (AvgIpc) is 3.14. The zero-order chi connectivity index (χ0) is 18.6. The Bertz CT molecular complexity index is 1100. The van der Waals surface area contributed by atoms with E-state index in [1.807, 2.05) is 18.2 Å². The first kappa shape index (κ1) is 15.7. The van der Waals surface area contributed by atoms with Crippen molar-refractivity contribution < 1.29 is 24.2 Å². The molecule has 7 heteroatoms. The zero-order valence-electron chi connectivity index (χ0n) is 14.2. The summed E-state index contributed by atoms with van der Waals surface area (Å²) in [6.45, 7) is 0.201. The van der Waals surface area contributed by atoms with Gasteiger partial charge >= 0.3 is 5.97 Å². The number of nitrogens with one attached hydrogen (secondary N) is 2. The fourth-order valence-electron chi connectivity index (χ4n) is 3.54. The quantitative estimate of drug-likeness (QED) is 0.660. The number of carbonyl (C=O) groups excluding carboxylic acids is 1. The molecular formula is C20H16N2O5. The van der Waals surface area contributed by atoms with Gasteiger partial charge in [-0.15, -0.1) is 0 Å². The molecule has 0 atom stereocenters. The Hall–Kier alpha value is -3.48. The summed E-state index contributed by atoms with van der Waals surface area (Å²) in [6, 6.07) is 12.5. The second kappa shape index (κ2) is 5.51. The van der Waals surface area contributed by atoms with Crippen molar-refractivity contribution in [2.75, 3.05) is 12.1 Å². The van der Waals surface area contributed by atoms with E-state index in [4.69, 9.17) is 14.6 Å². The van der Waals surface area contributed by atoms with Crippen LogP contribution in [0.2, 0.25) is 0 Å². The summed E-state index contributed by atoms with van der Waals surface area (Å²) in [7, 11) is 0. The van der Waals surface area contributed by atoms with Gasteiger partial charge in [-0.2, -0.15) is 0 Å². The van der Waals surface area contributed by atoms with Gasteiger partial charge in [0, 0.05) is 16.6 Å². The molecule has 1 amide bonds. The van der Waals surface area contributed by atoms with Crippen LogP contribution in [0.5, 0.6) is 11.5 Å². The molecule has 0 bridgehead atoms. The Balaban J connectivity index is 1.41. The highest BCUT2D eigenvalue weighted by Crippen LogP contribution is 2.51. The number of H-pyrrole nitrogens is 1. The van der Waals surface area contributed by atoms with E-state index in [2.05, 4.69) is 10.3 Å².